The minimum atomic E-state index is -0.0701. The summed E-state index contributed by atoms with van der Waals surface area (Å²) in [4.78, 5) is 13.9. The first-order valence-corrected chi connectivity index (χ1v) is 6.48. The lowest BCUT2D eigenvalue weighted by atomic mass is 10.1. The van der Waals surface area contributed by atoms with Crippen LogP contribution in [-0.4, -0.2) is 40.6 Å². The van der Waals surface area contributed by atoms with Crippen molar-refractivity contribution in [1.82, 2.24) is 15.1 Å². The molecule has 1 N–H and O–H groups in total. The molecule has 0 aliphatic rings. The highest BCUT2D eigenvalue weighted by atomic mass is 16.2. The van der Waals surface area contributed by atoms with Gasteiger partial charge in [0.15, 0.2) is 5.69 Å². The van der Waals surface area contributed by atoms with E-state index in [2.05, 4.69) is 29.4 Å². The fourth-order valence-electron chi connectivity index (χ4n) is 1.90. The van der Waals surface area contributed by atoms with E-state index in [1.807, 2.05) is 14.0 Å². The van der Waals surface area contributed by atoms with Crippen molar-refractivity contribution < 1.29 is 4.79 Å². The van der Waals surface area contributed by atoms with Gasteiger partial charge >= 0.3 is 0 Å². The number of hydrogen-bond acceptors (Lipinski definition) is 4. The topological polar surface area (TPSA) is 58.1 Å². The van der Waals surface area contributed by atoms with Gasteiger partial charge in [-0.2, -0.15) is 0 Å². The maximum atomic E-state index is 12.2. The summed E-state index contributed by atoms with van der Waals surface area (Å²) in [5.41, 5.74) is 0.394. The molecule has 0 fully saturated rings. The predicted octanol–water partition coefficient (Wildman–Crippen LogP) is 2.17. The number of aromatic nitrogens is 2. The first-order valence-electron chi connectivity index (χ1n) is 6.48. The summed E-state index contributed by atoms with van der Waals surface area (Å²) in [5, 5.41) is 11.0. The van der Waals surface area contributed by atoms with Crippen molar-refractivity contribution in [3.63, 3.8) is 0 Å². The van der Waals surface area contributed by atoms with E-state index >= 15 is 0 Å². The third-order valence-electron chi connectivity index (χ3n) is 3.05. The van der Waals surface area contributed by atoms with Crippen molar-refractivity contribution in [2.24, 2.45) is 0 Å². The van der Waals surface area contributed by atoms with Crippen molar-refractivity contribution in [3.8, 4) is 0 Å². The Morgan fingerprint density at radius 2 is 1.94 bits per heavy atom. The lowest BCUT2D eigenvalue weighted by Gasteiger charge is -2.25. The van der Waals surface area contributed by atoms with Crippen LogP contribution in [0.25, 0.3) is 0 Å². The number of nitrogens with zero attached hydrogens (tertiary/aromatic N) is 3. The van der Waals surface area contributed by atoms with Crippen LogP contribution < -0.4 is 5.32 Å². The second-order valence-electron chi connectivity index (χ2n) is 4.22. The molecule has 0 bridgehead atoms. The Hall–Kier alpha value is -1.65. The summed E-state index contributed by atoms with van der Waals surface area (Å²) in [6.07, 6.45) is 1.89. The van der Waals surface area contributed by atoms with Crippen LogP contribution in [0.5, 0.6) is 0 Å². The fourth-order valence-corrected chi connectivity index (χ4v) is 1.90. The zero-order valence-electron chi connectivity index (χ0n) is 11.6. The zero-order valence-corrected chi connectivity index (χ0v) is 11.6. The van der Waals surface area contributed by atoms with Gasteiger partial charge in [-0.25, -0.2) is 0 Å². The minimum Gasteiger partial charge on any atom is -0.369 e. The summed E-state index contributed by atoms with van der Waals surface area (Å²) >= 11 is 0. The number of carbonyl (C=O) groups excluding carboxylic acids is 1. The largest absolute Gasteiger partial charge is 0.369 e. The molecule has 1 heterocycles. The maximum Gasteiger partial charge on any atom is 0.274 e. The van der Waals surface area contributed by atoms with Crippen LogP contribution >= 0.6 is 0 Å². The van der Waals surface area contributed by atoms with E-state index in [0.29, 0.717) is 11.5 Å². The number of amides is 1. The molecule has 0 aromatic carbocycles. The van der Waals surface area contributed by atoms with Gasteiger partial charge in [-0.05, 0) is 31.9 Å². The molecule has 0 atom stereocenters. The van der Waals surface area contributed by atoms with Crippen LogP contribution in [0.4, 0.5) is 5.82 Å². The summed E-state index contributed by atoms with van der Waals surface area (Å²) in [6, 6.07) is 3.75. The van der Waals surface area contributed by atoms with Crippen molar-refractivity contribution in [1.29, 1.82) is 0 Å². The van der Waals surface area contributed by atoms with Gasteiger partial charge in [-0.15, -0.1) is 10.2 Å². The van der Waals surface area contributed by atoms with Crippen LogP contribution in [0, 0.1) is 0 Å². The highest BCUT2D eigenvalue weighted by molar-refractivity contribution is 5.92. The molecule has 0 unspecified atom stereocenters. The van der Waals surface area contributed by atoms with Crippen LogP contribution in [0.1, 0.15) is 44.1 Å². The third-order valence-corrected chi connectivity index (χ3v) is 3.05. The molecule has 0 aliphatic carbocycles. The van der Waals surface area contributed by atoms with Gasteiger partial charge in [0.1, 0.15) is 5.82 Å². The number of carbonyl (C=O) groups is 1. The Morgan fingerprint density at radius 1 is 1.28 bits per heavy atom. The summed E-state index contributed by atoms with van der Waals surface area (Å²) < 4.78 is 0. The molecule has 0 spiro atoms. The van der Waals surface area contributed by atoms with Gasteiger partial charge in [0, 0.05) is 19.6 Å². The third kappa shape index (κ3) is 3.42. The van der Waals surface area contributed by atoms with E-state index in [4.69, 9.17) is 0 Å². The van der Waals surface area contributed by atoms with Gasteiger partial charge in [0.25, 0.3) is 5.91 Å². The van der Waals surface area contributed by atoms with Gasteiger partial charge in [0.05, 0.1) is 0 Å². The molecule has 5 nitrogen and oxygen atoms in total. The molecule has 0 saturated heterocycles. The Balaban J connectivity index is 2.77. The van der Waals surface area contributed by atoms with Gasteiger partial charge in [-0.3, -0.25) is 4.79 Å². The Morgan fingerprint density at radius 3 is 2.39 bits per heavy atom. The highest BCUT2D eigenvalue weighted by Gasteiger charge is 2.19. The van der Waals surface area contributed by atoms with E-state index < -0.39 is 0 Å². The Labute approximate surface area is 109 Å². The number of anilines is 1. The lowest BCUT2D eigenvalue weighted by molar-refractivity contribution is 0.0716. The van der Waals surface area contributed by atoms with E-state index in [1.165, 1.54) is 0 Å². The van der Waals surface area contributed by atoms with Crippen molar-refractivity contribution in [2.75, 3.05) is 18.9 Å². The second-order valence-corrected chi connectivity index (χ2v) is 4.22. The van der Waals surface area contributed by atoms with E-state index in [9.17, 15) is 4.79 Å². The number of hydrogen-bond donors (Lipinski definition) is 1. The van der Waals surface area contributed by atoms with Crippen LogP contribution in [0.2, 0.25) is 0 Å². The SMILES string of the molecule is CCNc1ccc(C(=O)N(C)C(CC)CC)nn1. The second kappa shape index (κ2) is 6.93. The molecule has 1 amide bonds. The Bertz CT molecular complexity index is 373. The highest BCUT2D eigenvalue weighted by Crippen LogP contribution is 2.10. The van der Waals surface area contributed by atoms with Gasteiger partial charge in [-0.1, -0.05) is 13.8 Å². The molecule has 0 aliphatic heterocycles. The van der Waals surface area contributed by atoms with Crippen LogP contribution in [0.15, 0.2) is 12.1 Å². The molecule has 100 valence electrons. The van der Waals surface area contributed by atoms with Crippen LogP contribution in [0.3, 0.4) is 0 Å². The van der Waals surface area contributed by atoms with Crippen LogP contribution in [-0.2, 0) is 0 Å². The molecule has 0 radical (unpaired) electrons. The van der Waals surface area contributed by atoms with Crippen molar-refractivity contribution in [2.45, 2.75) is 39.7 Å². The fraction of sp³-hybridized carbons (Fsp3) is 0.615. The standard InChI is InChI=1S/C13H22N4O/c1-5-10(6-2)17(4)13(18)11-8-9-12(14-7-3)16-15-11/h8-10H,5-7H2,1-4H3,(H,14,16). The Kier molecular flexibility index (Phi) is 5.55. The lowest BCUT2D eigenvalue weighted by Crippen LogP contribution is -2.36. The average molecular weight is 250 g/mol. The first-order chi connectivity index (χ1) is 8.63. The first kappa shape index (κ1) is 14.4. The number of rotatable bonds is 6. The normalized spacial score (nSPS) is 10.5. The predicted molar refractivity (Wildman–Crippen MR) is 72.7 cm³/mol. The smallest absolute Gasteiger partial charge is 0.274 e. The van der Waals surface area contributed by atoms with Gasteiger partial charge < -0.3 is 10.2 Å². The molecular formula is C13H22N4O. The van der Waals surface area contributed by atoms with E-state index in [-0.39, 0.29) is 11.9 Å². The molecule has 0 saturated carbocycles. The van der Waals surface area contributed by atoms with E-state index in [1.54, 1.807) is 17.0 Å². The summed E-state index contributed by atoms with van der Waals surface area (Å²) in [6.45, 7) is 6.94. The van der Waals surface area contributed by atoms with Gasteiger partial charge in [0.2, 0.25) is 0 Å². The average Bonchev–Trinajstić information content (AvgIpc) is 2.40. The van der Waals surface area contributed by atoms with Crippen molar-refractivity contribution in [3.05, 3.63) is 17.8 Å². The molecular weight excluding hydrogens is 228 g/mol. The summed E-state index contributed by atoms with van der Waals surface area (Å²) in [7, 11) is 1.82. The zero-order chi connectivity index (χ0) is 13.5. The molecule has 1 aromatic heterocycles. The minimum absolute atomic E-state index is 0.0701. The quantitative estimate of drug-likeness (QED) is 0.840. The maximum absolute atomic E-state index is 12.2. The molecule has 18 heavy (non-hydrogen) atoms. The number of nitrogens with one attached hydrogen (secondary N) is 1. The molecule has 1 aromatic rings. The molecule has 1 rings (SSSR count). The van der Waals surface area contributed by atoms with E-state index in [0.717, 1.165) is 19.4 Å². The monoisotopic (exact) mass is 250 g/mol. The van der Waals surface area contributed by atoms with Crippen molar-refractivity contribution >= 4 is 11.7 Å². The summed E-state index contributed by atoms with van der Waals surface area (Å²) in [5.74, 6) is 0.624. The molecule has 5 heteroatoms.